The molecule has 0 heterocycles. The van der Waals surface area contributed by atoms with E-state index in [0.29, 0.717) is 12.5 Å². The summed E-state index contributed by atoms with van der Waals surface area (Å²) in [5.74, 6) is 0.692. The summed E-state index contributed by atoms with van der Waals surface area (Å²) in [6.45, 7) is 10.1. The lowest BCUT2D eigenvalue weighted by Gasteiger charge is -2.29. The van der Waals surface area contributed by atoms with Gasteiger partial charge in [0.25, 0.3) is 0 Å². The second-order valence-corrected chi connectivity index (χ2v) is 4.00. The lowest BCUT2D eigenvalue weighted by atomic mass is 10.0. The van der Waals surface area contributed by atoms with E-state index in [2.05, 4.69) is 27.7 Å². The normalized spacial score (nSPS) is 16.2. The zero-order chi connectivity index (χ0) is 10.3. The molecule has 0 fully saturated rings. The Hall–Kier alpha value is -0.0800. The Morgan fingerprint density at radius 1 is 1.23 bits per heavy atom. The van der Waals surface area contributed by atoms with Crippen LogP contribution in [-0.4, -0.2) is 18.8 Å². The molecule has 0 aromatic rings. The van der Waals surface area contributed by atoms with Gasteiger partial charge in [-0.1, -0.05) is 33.6 Å². The Kier molecular flexibility index (Phi) is 6.35. The Morgan fingerprint density at radius 2 is 1.77 bits per heavy atom. The van der Waals surface area contributed by atoms with Gasteiger partial charge in [-0.2, -0.15) is 0 Å². The largest absolute Gasteiger partial charge is 0.374 e. The molecule has 0 spiro atoms. The smallest absolute Gasteiger partial charge is 0.0773 e. The number of rotatable bonds is 7. The van der Waals surface area contributed by atoms with Crippen molar-refractivity contribution in [2.45, 2.75) is 52.6 Å². The second kappa shape index (κ2) is 6.39. The molecule has 0 saturated heterocycles. The van der Waals surface area contributed by atoms with Crippen LogP contribution in [0.4, 0.5) is 0 Å². The van der Waals surface area contributed by atoms with Crippen molar-refractivity contribution < 1.29 is 4.74 Å². The molecule has 2 nitrogen and oxygen atoms in total. The highest BCUT2D eigenvalue weighted by atomic mass is 16.5. The van der Waals surface area contributed by atoms with E-state index >= 15 is 0 Å². The van der Waals surface area contributed by atoms with E-state index in [-0.39, 0.29) is 5.60 Å². The van der Waals surface area contributed by atoms with Crippen molar-refractivity contribution in [1.82, 2.24) is 0 Å². The van der Waals surface area contributed by atoms with Gasteiger partial charge < -0.3 is 10.5 Å². The standard InChI is InChI=1S/C11H25NO/c1-5-10(6-2)8-13-11(4,7-3)9-12/h10H,5-9,12H2,1-4H3. The van der Waals surface area contributed by atoms with Crippen molar-refractivity contribution >= 4 is 0 Å². The summed E-state index contributed by atoms with van der Waals surface area (Å²) >= 11 is 0. The van der Waals surface area contributed by atoms with Gasteiger partial charge in [0.05, 0.1) is 12.2 Å². The van der Waals surface area contributed by atoms with Crippen LogP contribution in [0.1, 0.15) is 47.0 Å². The maximum absolute atomic E-state index is 5.85. The summed E-state index contributed by atoms with van der Waals surface area (Å²) in [4.78, 5) is 0. The number of nitrogens with two attached hydrogens (primary N) is 1. The average molecular weight is 187 g/mol. The van der Waals surface area contributed by atoms with Crippen LogP contribution in [-0.2, 0) is 4.74 Å². The van der Waals surface area contributed by atoms with Crippen LogP contribution >= 0.6 is 0 Å². The first-order valence-electron chi connectivity index (χ1n) is 5.45. The first kappa shape index (κ1) is 12.9. The summed E-state index contributed by atoms with van der Waals surface area (Å²) in [6, 6.07) is 0. The first-order chi connectivity index (χ1) is 6.11. The Morgan fingerprint density at radius 3 is 2.08 bits per heavy atom. The molecule has 2 N–H and O–H groups in total. The summed E-state index contributed by atoms with van der Waals surface area (Å²) in [5.41, 5.74) is 5.55. The van der Waals surface area contributed by atoms with Crippen molar-refractivity contribution in [2.24, 2.45) is 11.7 Å². The molecule has 0 rings (SSSR count). The third kappa shape index (κ3) is 4.63. The molecular formula is C11H25NO. The van der Waals surface area contributed by atoms with E-state index in [1.54, 1.807) is 0 Å². The Balaban J connectivity index is 3.83. The highest BCUT2D eigenvalue weighted by Crippen LogP contribution is 2.17. The first-order valence-corrected chi connectivity index (χ1v) is 5.45. The molecule has 0 amide bonds. The fraction of sp³-hybridized carbons (Fsp3) is 1.00. The van der Waals surface area contributed by atoms with Crippen LogP contribution in [0.5, 0.6) is 0 Å². The van der Waals surface area contributed by atoms with Gasteiger partial charge in [-0.05, 0) is 19.3 Å². The number of hydrogen-bond acceptors (Lipinski definition) is 2. The van der Waals surface area contributed by atoms with Gasteiger partial charge in [0, 0.05) is 6.54 Å². The van der Waals surface area contributed by atoms with E-state index in [4.69, 9.17) is 10.5 Å². The zero-order valence-electron chi connectivity index (χ0n) is 9.60. The minimum absolute atomic E-state index is 0.109. The molecule has 0 aliphatic rings. The van der Waals surface area contributed by atoms with Gasteiger partial charge in [-0.3, -0.25) is 0 Å². The van der Waals surface area contributed by atoms with E-state index in [1.807, 2.05) is 0 Å². The van der Waals surface area contributed by atoms with E-state index < -0.39 is 0 Å². The van der Waals surface area contributed by atoms with Crippen molar-refractivity contribution in [3.8, 4) is 0 Å². The SMILES string of the molecule is CCC(CC)COC(C)(CC)CN. The fourth-order valence-electron chi connectivity index (χ4n) is 1.15. The lowest BCUT2D eigenvalue weighted by molar-refractivity contribution is -0.0451. The fourth-order valence-corrected chi connectivity index (χ4v) is 1.15. The van der Waals surface area contributed by atoms with Crippen molar-refractivity contribution in [3.63, 3.8) is 0 Å². The van der Waals surface area contributed by atoms with E-state index in [1.165, 1.54) is 12.8 Å². The highest BCUT2D eigenvalue weighted by molar-refractivity contribution is 4.74. The van der Waals surface area contributed by atoms with Gasteiger partial charge in [0.15, 0.2) is 0 Å². The molecule has 80 valence electrons. The van der Waals surface area contributed by atoms with Gasteiger partial charge in [0.1, 0.15) is 0 Å². The summed E-state index contributed by atoms with van der Waals surface area (Å²) in [5, 5.41) is 0. The third-order valence-electron chi connectivity index (χ3n) is 3.00. The molecule has 1 atom stereocenters. The summed E-state index contributed by atoms with van der Waals surface area (Å²) in [6.07, 6.45) is 3.38. The van der Waals surface area contributed by atoms with Crippen molar-refractivity contribution in [3.05, 3.63) is 0 Å². The van der Waals surface area contributed by atoms with Crippen LogP contribution in [0.15, 0.2) is 0 Å². The Bertz CT molecular complexity index is 117. The molecule has 0 bridgehead atoms. The highest BCUT2D eigenvalue weighted by Gasteiger charge is 2.21. The zero-order valence-corrected chi connectivity index (χ0v) is 9.60. The molecular weight excluding hydrogens is 162 g/mol. The molecule has 2 heteroatoms. The van der Waals surface area contributed by atoms with Gasteiger partial charge >= 0.3 is 0 Å². The molecule has 0 aliphatic carbocycles. The van der Waals surface area contributed by atoms with Crippen LogP contribution in [0.3, 0.4) is 0 Å². The number of ether oxygens (including phenoxy) is 1. The molecule has 0 aliphatic heterocycles. The summed E-state index contributed by atoms with van der Waals surface area (Å²) in [7, 11) is 0. The number of hydrogen-bond donors (Lipinski definition) is 1. The lowest BCUT2D eigenvalue weighted by Crippen LogP contribution is -2.38. The van der Waals surface area contributed by atoms with Crippen LogP contribution in [0.2, 0.25) is 0 Å². The quantitative estimate of drug-likeness (QED) is 0.665. The molecule has 0 aromatic heterocycles. The van der Waals surface area contributed by atoms with E-state index in [9.17, 15) is 0 Å². The van der Waals surface area contributed by atoms with E-state index in [0.717, 1.165) is 13.0 Å². The van der Waals surface area contributed by atoms with Crippen molar-refractivity contribution in [1.29, 1.82) is 0 Å². The minimum Gasteiger partial charge on any atom is -0.374 e. The van der Waals surface area contributed by atoms with Crippen LogP contribution in [0, 0.1) is 5.92 Å². The maximum atomic E-state index is 5.85. The summed E-state index contributed by atoms with van der Waals surface area (Å²) < 4.78 is 5.85. The average Bonchev–Trinajstić information content (AvgIpc) is 2.19. The van der Waals surface area contributed by atoms with Crippen LogP contribution < -0.4 is 5.73 Å². The molecule has 0 aromatic carbocycles. The molecule has 0 radical (unpaired) electrons. The van der Waals surface area contributed by atoms with Gasteiger partial charge in [-0.15, -0.1) is 0 Å². The van der Waals surface area contributed by atoms with Gasteiger partial charge in [-0.25, -0.2) is 0 Å². The topological polar surface area (TPSA) is 35.2 Å². The molecule has 0 saturated carbocycles. The maximum Gasteiger partial charge on any atom is 0.0773 e. The minimum atomic E-state index is -0.109. The predicted octanol–water partition coefficient (Wildman–Crippen LogP) is 2.57. The van der Waals surface area contributed by atoms with Crippen LogP contribution in [0.25, 0.3) is 0 Å². The predicted molar refractivity (Wildman–Crippen MR) is 57.8 cm³/mol. The monoisotopic (exact) mass is 187 g/mol. The molecule has 1 unspecified atom stereocenters. The second-order valence-electron chi connectivity index (χ2n) is 4.00. The third-order valence-corrected chi connectivity index (χ3v) is 3.00. The Labute approximate surface area is 82.8 Å². The van der Waals surface area contributed by atoms with Gasteiger partial charge in [0.2, 0.25) is 0 Å². The molecule has 13 heavy (non-hydrogen) atoms. The van der Waals surface area contributed by atoms with Crippen molar-refractivity contribution in [2.75, 3.05) is 13.2 Å².